The molecule has 0 unspecified atom stereocenters. The van der Waals surface area contributed by atoms with Gasteiger partial charge in [0, 0.05) is 52.0 Å². The van der Waals surface area contributed by atoms with Crippen molar-refractivity contribution in [1.82, 2.24) is 9.55 Å². The van der Waals surface area contributed by atoms with Crippen molar-refractivity contribution in [2.24, 2.45) is 0 Å². The van der Waals surface area contributed by atoms with Crippen LogP contribution in [0.3, 0.4) is 0 Å². The first kappa shape index (κ1) is 45.5. The summed E-state index contributed by atoms with van der Waals surface area (Å²) in [6.07, 6.45) is 1.90. The molecular weight excluding hydrogens is 855 g/mol. The van der Waals surface area contributed by atoms with Crippen LogP contribution in [-0.2, 0) is 10.8 Å². The number of anilines is 4. The Morgan fingerprint density at radius 3 is 1.78 bits per heavy atom. The van der Waals surface area contributed by atoms with Gasteiger partial charge < -0.3 is 14.5 Å². The van der Waals surface area contributed by atoms with Gasteiger partial charge in [-0.3, -0.25) is 4.57 Å². The number of benzene rings is 7. The van der Waals surface area contributed by atoms with Crippen LogP contribution in [0.25, 0.3) is 49.9 Å². The monoisotopic (exact) mass is 914 g/mol. The summed E-state index contributed by atoms with van der Waals surface area (Å²) in [6, 6.07) is 50.8. The minimum absolute atomic E-state index is 0.0449. The van der Waals surface area contributed by atoms with Crippen LogP contribution in [0, 0.1) is 11.6 Å². The lowest BCUT2D eigenvalue weighted by Crippen LogP contribution is -2.25. The second-order valence-electron chi connectivity index (χ2n) is 21.3. The average molecular weight is 915 g/mol. The van der Waals surface area contributed by atoms with Crippen LogP contribution in [0.4, 0.5) is 31.5 Å². The van der Waals surface area contributed by atoms with Gasteiger partial charge in [0.05, 0.1) is 28.1 Å². The van der Waals surface area contributed by atoms with Gasteiger partial charge in [-0.2, -0.15) is 0 Å². The van der Waals surface area contributed by atoms with Gasteiger partial charge in [-0.25, -0.2) is 13.8 Å². The summed E-state index contributed by atoms with van der Waals surface area (Å²) >= 11 is 0. The number of hydrogen-bond donors (Lipinski definition) is 0. The Morgan fingerprint density at radius 1 is 0.522 bits per heavy atom. The Hall–Kier alpha value is -7.25. The molecule has 7 heteroatoms. The zero-order chi connectivity index (χ0) is 48.5. The van der Waals surface area contributed by atoms with Crippen LogP contribution in [0.1, 0.15) is 103 Å². The number of nitrogens with zero attached hydrogens (tertiary/aromatic N) is 4. The van der Waals surface area contributed by atoms with E-state index in [0.717, 1.165) is 78.7 Å². The van der Waals surface area contributed by atoms with E-state index in [2.05, 4.69) is 205 Å². The molecule has 0 radical (unpaired) electrons. The van der Waals surface area contributed by atoms with Crippen molar-refractivity contribution in [3.8, 4) is 39.6 Å². The van der Waals surface area contributed by atoms with Gasteiger partial charge in [0.25, 0.3) is 0 Å². The van der Waals surface area contributed by atoms with Crippen molar-refractivity contribution in [3.05, 3.63) is 192 Å². The minimum Gasteiger partial charge on any atom is -0.457 e. The number of hydrogen-bond acceptors (Lipinski definition) is 4. The second-order valence-corrected chi connectivity index (χ2v) is 21.3. The zero-order valence-electron chi connectivity index (χ0n) is 41.3. The van der Waals surface area contributed by atoms with E-state index in [0.29, 0.717) is 35.6 Å². The molecule has 9 aromatic rings. The molecular formula is C62H60F2N4O. The average Bonchev–Trinajstić information content (AvgIpc) is 3.86. The Morgan fingerprint density at radius 2 is 1.13 bits per heavy atom. The molecule has 3 heterocycles. The normalized spacial score (nSPS) is 13.1. The first-order chi connectivity index (χ1) is 32.9. The highest BCUT2D eigenvalue weighted by Gasteiger charge is 2.33. The van der Waals surface area contributed by atoms with Gasteiger partial charge in [0.2, 0.25) is 0 Å². The van der Waals surface area contributed by atoms with Crippen molar-refractivity contribution in [2.75, 3.05) is 16.5 Å². The summed E-state index contributed by atoms with van der Waals surface area (Å²) in [5, 5.41) is 2.27. The minimum atomic E-state index is -0.618. The number of aromatic nitrogens is 2. The summed E-state index contributed by atoms with van der Waals surface area (Å²) < 4.78 is 39.6. The predicted molar refractivity (Wildman–Crippen MR) is 283 cm³/mol. The van der Waals surface area contributed by atoms with Crippen molar-refractivity contribution >= 4 is 44.6 Å². The summed E-state index contributed by atoms with van der Waals surface area (Å²) in [7, 11) is 0. The maximum atomic E-state index is 15.2. The van der Waals surface area contributed by atoms with Crippen LogP contribution in [0.5, 0.6) is 11.5 Å². The molecule has 7 aromatic carbocycles. The van der Waals surface area contributed by atoms with E-state index in [1.807, 2.05) is 18.3 Å². The van der Waals surface area contributed by atoms with Gasteiger partial charge >= 0.3 is 0 Å². The third kappa shape index (κ3) is 8.64. The van der Waals surface area contributed by atoms with Crippen molar-refractivity contribution in [2.45, 2.75) is 91.9 Å². The number of rotatable bonds is 9. The molecule has 10 rings (SSSR count). The van der Waals surface area contributed by atoms with Crippen LogP contribution in [-0.4, -0.2) is 16.2 Å². The highest BCUT2D eigenvalue weighted by molar-refractivity contribution is 6.09. The first-order valence-electron chi connectivity index (χ1n) is 24.1. The topological polar surface area (TPSA) is 33.5 Å². The molecule has 1 aliphatic heterocycles. The first-order valence-corrected chi connectivity index (χ1v) is 24.1. The summed E-state index contributed by atoms with van der Waals surface area (Å²) in [4.78, 5) is 9.53. The van der Waals surface area contributed by atoms with E-state index < -0.39 is 11.6 Å². The van der Waals surface area contributed by atoms with E-state index in [1.165, 1.54) is 28.8 Å². The van der Waals surface area contributed by atoms with Crippen LogP contribution < -0.4 is 14.5 Å². The smallest absolute Gasteiger partial charge is 0.137 e. The highest BCUT2D eigenvalue weighted by atomic mass is 19.1. The van der Waals surface area contributed by atoms with E-state index in [1.54, 1.807) is 0 Å². The lowest BCUT2D eigenvalue weighted by atomic mass is 9.86. The Labute approximate surface area is 405 Å². The van der Waals surface area contributed by atoms with E-state index in [9.17, 15) is 0 Å². The standard InChI is InChI=1S/C62H60F2N4O/c1-38(2)40-26-41(39(3)4)28-42(27-40)51-17-15-18-52(43-29-46(63)34-47(64)30-43)60(51)67-37-66(56-20-13-14-21-57(56)67)48-31-45(62(8,9)10)32-50(35-48)69-49-22-23-54-53-16-11-12-19-55(53)68(58(54)36-49)59-33-44(24-25-65-59)61(5,6)7/h11-36,38-39H,37H2,1-10H3. The number of pyridine rings is 1. The fourth-order valence-corrected chi connectivity index (χ4v) is 9.77. The molecule has 0 saturated carbocycles. The number of para-hydroxylation sites is 4. The summed E-state index contributed by atoms with van der Waals surface area (Å²) in [5.74, 6) is 1.65. The number of fused-ring (bicyclic) bond motifs is 4. The molecule has 0 fully saturated rings. The fourth-order valence-electron chi connectivity index (χ4n) is 9.77. The lowest BCUT2D eigenvalue weighted by Gasteiger charge is -2.29. The van der Waals surface area contributed by atoms with Crippen molar-refractivity contribution in [1.29, 1.82) is 0 Å². The molecule has 69 heavy (non-hydrogen) atoms. The lowest BCUT2D eigenvalue weighted by molar-refractivity contribution is 0.479. The quantitative estimate of drug-likeness (QED) is 0.144. The maximum Gasteiger partial charge on any atom is 0.137 e. The fraction of sp³-hybridized carbons (Fsp3) is 0.242. The highest BCUT2D eigenvalue weighted by Crippen LogP contribution is 2.51. The summed E-state index contributed by atoms with van der Waals surface area (Å²) in [6.45, 7) is 22.7. The number of halogens is 2. The van der Waals surface area contributed by atoms with Crippen LogP contribution >= 0.6 is 0 Å². The molecule has 1 aliphatic rings. The molecule has 0 atom stereocenters. The second kappa shape index (κ2) is 17.4. The molecule has 0 amide bonds. The Bertz CT molecular complexity index is 3380. The number of ether oxygens (including phenoxy) is 1. The SMILES string of the molecule is CC(C)c1cc(-c2cccc(-c3cc(F)cc(F)c3)c2N2CN(c3cc(Oc4ccc5c6ccccc6n(-c6cc(C(C)(C)C)ccn6)c5c4)cc(C(C)(C)C)c3)c3ccccc32)cc(C(C)C)c1. The third-order valence-corrected chi connectivity index (χ3v) is 13.6. The molecule has 348 valence electrons. The predicted octanol–water partition coefficient (Wildman–Crippen LogP) is 17.7. The van der Waals surface area contributed by atoms with Crippen molar-refractivity contribution < 1.29 is 13.5 Å². The van der Waals surface area contributed by atoms with Crippen LogP contribution in [0.2, 0.25) is 0 Å². The molecule has 5 nitrogen and oxygen atoms in total. The largest absolute Gasteiger partial charge is 0.457 e. The van der Waals surface area contributed by atoms with E-state index in [4.69, 9.17) is 9.72 Å². The van der Waals surface area contributed by atoms with E-state index >= 15 is 8.78 Å². The molecule has 0 spiro atoms. The maximum absolute atomic E-state index is 15.2. The molecule has 0 N–H and O–H groups in total. The van der Waals surface area contributed by atoms with Gasteiger partial charge in [-0.1, -0.05) is 136 Å². The van der Waals surface area contributed by atoms with Crippen molar-refractivity contribution in [3.63, 3.8) is 0 Å². The Kier molecular flexibility index (Phi) is 11.5. The molecule has 0 saturated heterocycles. The molecule has 0 bridgehead atoms. The van der Waals surface area contributed by atoms with Gasteiger partial charge in [0.1, 0.15) is 35.6 Å². The third-order valence-electron chi connectivity index (χ3n) is 13.6. The zero-order valence-corrected chi connectivity index (χ0v) is 41.3. The summed E-state index contributed by atoms with van der Waals surface area (Å²) in [5.41, 5.74) is 13.7. The van der Waals surface area contributed by atoms with Gasteiger partial charge in [-0.15, -0.1) is 0 Å². The Balaban J connectivity index is 1.11. The molecule has 0 aliphatic carbocycles. The van der Waals surface area contributed by atoms with E-state index in [-0.39, 0.29) is 10.8 Å². The van der Waals surface area contributed by atoms with Crippen LogP contribution in [0.15, 0.2) is 158 Å². The van der Waals surface area contributed by atoms with Gasteiger partial charge in [0.15, 0.2) is 0 Å². The van der Waals surface area contributed by atoms with Gasteiger partial charge in [-0.05, 0) is 123 Å². The molecule has 2 aromatic heterocycles.